The van der Waals surface area contributed by atoms with Crippen molar-refractivity contribution in [2.45, 2.75) is 49.5 Å². The second-order valence-electron chi connectivity index (χ2n) is 5.74. The molecule has 4 nitrogen and oxygen atoms in total. The lowest BCUT2D eigenvalue weighted by Crippen LogP contribution is -2.32. The van der Waals surface area contributed by atoms with Crippen LogP contribution in [0.15, 0.2) is 29.2 Å². The molecule has 1 N–H and O–H groups in total. The lowest BCUT2D eigenvalue weighted by Gasteiger charge is -2.16. The fraction of sp³-hybridized carbons (Fsp3) is 0.625. The zero-order valence-corrected chi connectivity index (χ0v) is 13.5. The van der Waals surface area contributed by atoms with E-state index in [1.807, 2.05) is 0 Å². The van der Waals surface area contributed by atoms with E-state index in [1.165, 1.54) is 44.8 Å². The summed E-state index contributed by atoms with van der Waals surface area (Å²) in [5.74, 6) is 0.612. The van der Waals surface area contributed by atoms with Crippen LogP contribution in [0.25, 0.3) is 0 Å². The molecule has 21 heavy (non-hydrogen) atoms. The molecule has 0 saturated heterocycles. The molecule has 1 aliphatic rings. The summed E-state index contributed by atoms with van der Waals surface area (Å²) in [6.07, 6.45) is 9.05. The van der Waals surface area contributed by atoms with Crippen LogP contribution < -0.4 is 10.1 Å². The summed E-state index contributed by atoms with van der Waals surface area (Å²) in [6, 6.07) is 7.29. The van der Waals surface area contributed by atoms with E-state index >= 15 is 0 Å². The Morgan fingerprint density at radius 2 is 1.90 bits per heavy atom. The van der Waals surface area contributed by atoms with Gasteiger partial charge < -0.3 is 10.1 Å². The Labute approximate surface area is 127 Å². The molecule has 0 aliphatic heterocycles. The number of nitrogens with one attached hydrogen (secondary N) is 1. The van der Waals surface area contributed by atoms with Gasteiger partial charge in [0, 0.05) is 18.8 Å². The topological polar surface area (TPSA) is 55.4 Å². The van der Waals surface area contributed by atoms with Crippen LogP contribution in [0.5, 0.6) is 5.75 Å². The van der Waals surface area contributed by atoms with Gasteiger partial charge in [0.2, 0.25) is 0 Å². The molecule has 0 bridgehead atoms. The molecule has 0 radical (unpaired) electrons. The van der Waals surface area contributed by atoms with E-state index < -0.39 is 9.84 Å². The molecule has 1 aliphatic carbocycles. The third-order valence-electron chi connectivity index (χ3n) is 3.89. The van der Waals surface area contributed by atoms with Crippen LogP contribution in [0, 0.1) is 0 Å². The first-order chi connectivity index (χ1) is 10.1. The predicted molar refractivity (Wildman–Crippen MR) is 84.5 cm³/mol. The number of ether oxygens (including phenoxy) is 1. The molecule has 2 rings (SSSR count). The van der Waals surface area contributed by atoms with Crippen molar-refractivity contribution >= 4 is 9.84 Å². The lowest BCUT2D eigenvalue weighted by atomic mass is 10.1. The molecule has 118 valence electrons. The van der Waals surface area contributed by atoms with Gasteiger partial charge in [-0.3, -0.25) is 0 Å². The maximum absolute atomic E-state index is 11.5. The fourth-order valence-corrected chi connectivity index (χ4v) is 3.37. The maximum atomic E-state index is 11.5. The maximum Gasteiger partial charge on any atom is 0.175 e. The third-order valence-corrected chi connectivity index (χ3v) is 5.00. The molecule has 0 amide bonds. The number of rotatable bonds is 6. The summed E-state index contributed by atoms with van der Waals surface area (Å²) < 4.78 is 28.6. The van der Waals surface area contributed by atoms with Gasteiger partial charge in [-0.2, -0.15) is 0 Å². The van der Waals surface area contributed by atoms with Gasteiger partial charge in [-0.1, -0.05) is 31.7 Å². The van der Waals surface area contributed by atoms with E-state index in [0.29, 0.717) is 23.3 Å². The highest BCUT2D eigenvalue weighted by Gasteiger charge is 2.11. The Morgan fingerprint density at radius 3 is 2.57 bits per heavy atom. The highest BCUT2D eigenvalue weighted by Crippen LogP contribution is 2.18. The SMILES string of the molecule is CS(=O)(=O)c1cccc(OCCNC2CCCCCC2)c1. The van der Waals surface area contributed by atoms with Crippen molar-refractivity contribution in [3.05, 3.63) is 24.3 Å². The summed E-state index contributed by atoms with van der Waals surface area (Å²) in [7, 11) is -3.17. The third kappa shape index (κ3) is 5.67. The fourth-order valence-electron chi connectivity index (χ4n) is 2.71. The van der Waals surface area contributed by atoms with Crippen LogP contribution in [-0.4, -0.2) is 33.9 Å². The van der Waals surface area contributed by atoms with Gasteiger partial charge in [0.1, 0.15) is 12.4 Å². The lowest BCUT2D eigenvalue weighted by molar-refractivity contribution is 0.299. The first-order valence-electron chi connectivity index (χ1n) is 7.72. The van der Waals surface area contributed by atoms with Crippen molar-refractivity contribution in [3.8, 4) is 5.75 Å². The van der Waals surface area contributed by atoms with Crippen molar-refractivity contribution < 1.29 is 13.2 Å². The van der Waals surface area contributed by atoms with Crippen LogP contribution >= 0.6 is 0 Å². The van der Waals surface area contributed by atoms with E-state index in [0.717, 1.165) is 6.54 Å². The highest BCUT2D eigenvalue weighted by atomic mass is 32.2. The second-order valence-corrected chi connectivity index (χ2v) is 7.75. The van der Waals surface area contributed by atoms with Crippen LogP contribution in [0.2, 0.25) is 0 Å². The minimum Gasteiger partial charge on any atom is -0.492 e. The standard InChI is InChI=1S/C16H25NO3S/c1-21(18,19)16-10-6-9-15(13-16)20-12-11-17-14-7-4-2-3-5-8-14/h6,9-10,13-14,17H,2-5,7-8,11-12H2,1H3. The Balaban J connectivity index is 1.75. The Kier molecular flexibility index (Phi) is 6.06. The van der Waals surface area contributed by atoms with E-state index in [-0.39, 0.29) is 0 Å². The molecule has 1 aromatic rings. The van der Waals surface area contributed by atoms with Gasteiger partial charge in [0.15, 0.2) is 9.84 Å². The van der Waals surface area contributed by atoms with Crippen molar-refractivity contribution in [2.24, 2.45) is 0 Å². The Bertz CT molecular complexity index is 534. The molecule has 0 heterocycles. The highest BCUT2D eigenvalue weighted by molar-refractivity contribution is 7.90. The molecular formula is C16H25NO3S. The Morgan fingerprint density at radius 1 is 1.19 bits per heavy atom. The Hall–Kier alpha value is -1.07. The quantitative estimate of drug-likeness (QED) is 0.648. The smallest absolute Gasteiger partial charge is 0.175 e. The van der Waals surface area contributed by atoms with Gasteiger partial charge in [0.05, 0.1) is 4.90 Å². The molecule has 5 heteroatoms. The van der Waals surface area contributed by atoms with Crippen molar-refractivity contribution in [2.75, 3.05) is 19.4 Å². The van der Waals surface area contributed by atoms with E-state index in [9.17, 15) is 8.42 Å². The normalized spacial score (nSPS) is 17.4. The number of sulfone groups is 1. The minimum absolute atomic E-state index is 0.303. The summed E-state index contributed by atoms with van der Waals surface area (Å²) in [5.41, 5.74) is 0. The monoisotopic (exact) mass is 311 g/mol. The van der Waals surface area contributed by atoms with E-state index in [1.54, 1.807) is 24.3 Å². The minimum atomic E-state index is -3.17. The molecule has 1 aromatic carbocycles. The first-order valence-corrected chi connectivity index (χ1v) is 9.61. The van der Waals surface area contributed by atoms with Gasteiger partial charge >= 0.3 is 0 Å². The molecule has 1 fully saturated rings. The molecule has 0 unspecified atom stereocenters. The molecule has 0 spiro atoms. The van der Waals surface area contributed by atoms with Crippen molar-refractivity contribution in [1.29, 1.82) is 0 Å². The largest absolute Gasteiger partial charge is 0.492 e. The first kappa shape index (κ1) is 16.3. The van der Waals surface area contributed by atoms with Crippen molar-refractivity contribution in [3.63, 3.8) is 0 Å². The van der Waals surface area contributed by atoms with Gasteiger partial charge in [-0.15, -0.1) is 0 Å². The van der Waals surface area contributed by atoms with Gasteiger partial charge in [-0.25, -0.2) is 8.42 Å². The average Bonchev–Trinajstić information content (AvgIpc) is 2.72. The summed E-state index contributed by atoms with van der Waals surface area (Å²) in [6.45, 7) is 1.36. The zero-order chi connectivity index (χ0) is 15.1. The summed E-state index contributed by atoms with van der Waals surface area (Å²) >= 11 is 0. The molecule has 0 atom stereocenters. The molecule has 1 saturated carbocycles. The van der Waals surface area contributed by atoms with E-state index in [4.69, 9.17) is 4.74 Å². The summed E-state index contributed by atoms with van der Waals surface area (Å²) in [5, 5.41) is 3.53. The van der Waals surface area contributed by atoms with Crippen LogP contribution in [0.1, 0.15) is 38.5 Å². The summed E-state index contributed by atoms with van der Waals surface area (Å²) in [4.78, 5) is 0.303. The molecule has 0 aromatic heterocycles. The predicted octanol–water partition coefficient (Wildman–Crippen LogP) is 2.78. The number of benzene rings is 1. The van der Waals surface area contributed by atoms with Crippen molar-refractivity contribution in [1.82, 2.24) is 5.32 Å². The second kappa shape index (κ2) is 7.80. The van der Waals surface area contributed by atoms with Crippen LogP contribution in [0.4, 0.5) is 0 Å². The number of hydrogen-bond acceptors (Lipinski definition) is 4. The molecular weight excluding hydrogens is 286 g/mol. The number of hydrogen-bond donors (Lipinski definition) is 1. The van der Waals surface area contributed by atoms with Gasteiger partial charge in [0.25, 0.3) is 0 Å². The van der Waals surface area contributed by atoms with Crippen LogP contribution in [-0.2, 0) is 9.84 Å². The zero-order valence-electron chi connectivity index (χ0n) is 12.7. The van der Waals surface area contributed by atoms with Gasteiger partial charge in [-0.05, 0) is 31.0 Å². The van der Waals surface area contributed by atoms with E-state index in [2.05, 4.69) is 5.32 Å². The van der Waals surface area contributed by atoms with Crippen LogP contribution in [0.3, 0.4) is 0 Å². The average molecular weight is 311 g/mol.